The van der Waals surface area contributed by atoms with E-state index in [4.69, 9.17) is 5.11 Å². The number of aromatic nitrogens is 3. The van der Waals surface area contributed by atoms with E-state index in [9.17, 15) is 9.59 Å². The predicted molar refractivity (Wildman–Crippen MR) is 66.5 cm³/mol. The van der Waals surface area contributed by atoms with Crippen molar-refractivity contribution in [2.24, 2.45) is 0 Å². The average Bonchev–Trinajstić information content (AvgIpc) is 2.99. The topological polar surface area (TPSA) is 91.2 Å². The quantitative estimate of drug-likeness (QED) is 0.824. The number of rotatable bonds is 5. The molecule has 0 aliphatic heterocycles. The van der Waals surface area contributed by atoms with Gasteiger partial charge in [0.25, 0.3) is 0 Å². The first-order valence-corrected chi connectivity index (χ1v) is 5.68. The maximum absolute atomic E-state index is 12.0. The van der Waals surface area contributed by atoms with Gasteiger partial charge in [-0.3, -0.25) is 4.79 Å². The van der Waals surface area contributed by atoms with Crippen LogP contribution < -0.4 is 0 Å². The first-order chi connectivity index (χ1) is 9.08. The van der Waals surface area contributed by atoms with Crippen LogP contribution in [0.1, 0.15) is 16.3 Å². The number of carbonyl (C=O) groups excluding carboxylic acids is 1. The van der Waals surface area contributed by atoms with Crippen molar-refractivity contribution in [1.29, 1.82) is 0 Å². The van der Waals surface area contributed by atoms with Gasteiger partial charge in [0.05, 0.1) is 6.54 Å². The van der Waals surface area contributed by atoms with Crippen LogP contribution in [0.4, 0.5) is 0 Å². The molecule has 0 saturated heterocycles. The highest BCUT2D eigenvalue weighted by molar-refractivity contribution is 5.86. The number of nitrogens with one attached hydrogen (secondary N) is 1. The number of carboxylic acid groups (broad SMARTS) is 1. The van der Waals surface area contributed by atoms with Crippen molar-refractivity contribution in [3.8, 4) is 0 Å². The molecule has 2 aromatic heterocycles. The molecule has 0 aliphatic carbocycles. The monoisotopic (exact) mass is 262 g/mol. The summed E-state index contributed by atoms with van der Waals surface area (Å²) in [6.07, 6.45) is 4.87. The van der Waals surface area contributed by atoms with Crippen LogP contribution in [0.2, 0.25) is 0 Å². The van der Waals surface area contributed by atoms with Gasteiger partial charge in [-0.25, -0.2) is 9.78 Å². The molecule has 1 amide bonds. The van der Waals surface area contributed by atoms with Crippen molar-refractivity contribution in [1.82, 2.24) is 19.4 Å². The number of aromatic carboxylic acids is 1. The molecule has 100 valence electrons. The Hall–Kier alpha value is -2.57. The highest BCUT2D eigenvalue weighted by Crippen LogP contribution is 2.04. The fourth-order valence-electron chi connectivity index (χ4n) is 1.71. The SMILES string of the molecule is CN(Cc1ncc[nH]1)C(=O)Cn1cccc1C(=O)O. The zero-order chi connectivity index (χ0) is 13.8. The van der Waals surface area contributed by atoms with Gasteiger partial charge >= 0.3 is 5.97 Å². The van der Waals surface area contributed by atoms with Gasteiger partial charge in [-0.2, -0.15) is 0 Å². The zero-order valence-electron chi connectivity index (χ0n) is 10.4. The fraction of sp³-hybridized carbons (Fsp3) is 0.250. The van der Waals surface area contributed by atoms with Crippen LogP contribution in [0.25, 0.3) is 0 Å². The van der Waals surface area contributed by atoms with Crippen molar-refractivity contribution >= 4 is 11.9 Å². The summed E-state index contributed by atoms with van der Waals surface area (Å²) in [5, 5.41) is 8.95. The second-order valence-electron chi connectivity index (χ2n) is 4.11. The van der Waals surface area contributed by atoms with Gasteiger partial charge in [0.1, 0.15) is 18.1 Å². The maximum Gasteiger partial charge on any atom is 0.352 e. The standard InChI is InChI=1S/C12H14N4O3/c1-15(7-10-13-4-5-14-10)11(17)8-16-6-2-3-9(16)12(18)19/h2-6H,7-8H2,1H3,(H,13,14)(H,18,19). The lowest BCUT2D eigenvalue weighted by molar-refractivity contribution is -0.131. The molecule has 0 atom stereocenters. The summed E-state index contributed by atoms with van der Waals surface area (Å²) in [7, 11) is 1.65. The third-order valence-electron chi connectivity index (χ3n) is 2.72. The van der Waals surface area contributed by atoms with Crippen LogP contribution in [0.5, 0.6) is 0 Å². The van der Waals surface area contributed by atoms with E-state index in [1.165, 1.54) is 15.5 Å². The number of hydrogen-bond donors (Lipinski definition) is 2. The van der Waals surface area contributed by atoms with E-state index in [1.54, 1.807) is 31.7 Å². The normalized spacial score (nSPS) is 10.4. The minimum absolute atomic E-state index is 0.00809. The molecule has 0 aliphatic rings. The smallest absolute Gasteiger partial charge is 0.352 e. The molecule has 0 bridgehead atoms. The Balaban J connectivity index is 2.00. The lowest BCUT2D eigenvalue weighted by Crippen LogP contribution is -2.30. The molecular weight excluding hydrogens is 248 g/mol. The van der Waals surface area contributed by atoms with E-state index < -0.39 is 5.97 Å². The van der Waals surface area contributed by atoms with Gasteiger partial charge in [-0.05, 0) is 12.1 Å². The summed E-state index contributed by atoms with van der Waals surface area (Å²) in [6.45, 7) is 0.349. The first-order valence-electron chi connectivity index (χ1n) is 5.68. The molecule has 0 saturated carbocycles. The summed E-state index contributed by atoms with van der Waals surface area (Å²) >= 11 is 0. The summed E-state index contributed by atoms with van der Waals surface area (Å²) in [5.41, 5.74) is 0.0970. The predicted octanol–water partition coefficient (Wildman–Crippen LogP) is 0.568. The van der Waals surface area contributed by atoms with Crippen molar-refractivity contribution in [2.75, 3.05) is 7.05 Å². The highest BCUT2D eigenvalue weighted by atomic mass is 16.4. The largest absolute Gasteiger partial charge is 0.477 e. The summed E-state index contributed by atoms with van der Waals surface area (Å²) in [5.74, 6) is -0.552. The van der Waals surface area contributed by atoms with Crippen molar-refractivity contribution in [3.05, 3.63) is 42.2 Å². The molecule has 0 fully saturated rings. The number of amides is 1. The number of aromatic amines is 1. The van der Waals surface area contributed by atoms with Crippen molar-refractivity contribution < 1.29 is 14.7 Å². The summed E-state index contributed by atoms with van der Waals surface area (Å²) in [4.78, 5) is 31.3. The molecular formula is C12H14N4O3. The van der Waals surface area contributed by atoms with Gasteiger partial charge in [0.15, 0.2) is 0 Å². The van der Waals surface area contributed by atoms with Gasteiger partial charge in [-0.1, -0.05) is 0 Å². The number of hydrogen-bond acceptors (Lipinski definition) is 3. The highest BCUT2D eigenvalue weighted by Gasteiger charge is 2.15. The molecule has 2 N–H and O–H groups in total. The van der Waals surface area contributed by atoms with Crippen LogP contribution in [-0.2, 0) is 17.9 Å². The van der Waals surface area contributed by atoms with Gasteiger partial charge in [0, 0.05) is 25.6 Å². The number of carbonyl (C=O) groups is 2. The molecule has 2 heterocycles. The second-order valence-corrected chi connectivity index (χ2v) is 4.11. The zero-order valence-corrected chi connectivity index (χ0v) is 10.4. The van der Waals surface area contributed by atoms with Crippen LogP contribution in [0.3, 0.4) is 0 Å². The molecule has 2 aromatic rings. The Labute approximate surface area is 109 Å². The first kappa shape index (κ1) is 12.9. The number of H-pyrrole nitrogens is 1. The van der Waals surface area contributed by atoms with E-state index in [0.29, 0.717) is 12.4 Å². The van der Waals surface area contributed by atoms with E-state index in [2.05, 4.69) is 9.97 Å². The van der Waals surface area contributed by atoms with Crippen LogP contribution in [-0.4, -0.2) is 43.5 Å². The van der Waals surface area contributed by atoms with Gasteiger partial charge in [0.2, 0.25) is 5.91 Å². The number of nitrogens with zero attached hydrogens (tertiary/aromatic N) is 3. The van der Waals surface area contributed by atoms with Crippen LogP contribution >= 0.6 is 0 Å². The summed E-state index contributed by atoms with van der Waals surface area (Å²) in [6, 6.07) is 3.06. The molecule has 2 rings (SSSR count). The Kier molecular flexibility index (Phi) is 3.65. The minimum Gasteiger partial charge on any atom is -0.477 e. The van der Waals surface area contributed by atoms with Crippen LogP contribution in [0, 0.1) is 0 Å². The van der Waals surface area contributed by atoms with Gasteiger partial charge in [-0.15, -0.1) is 0 Å². The van der Waals surface area contributed by atoms with Crippen molar-refractivity contribution in [2.45, 2.75) is 13.1 Å². The Morgan fingerprint density at radius 3 is 2.95 bits per heavy atom. The number of carboxylic acids is 1. The van der Waals surface area contributed by atoms with E-state index in [0.717, 1.165) is 0 Å². The van der Waals surface area contributed by atoms with E-state index in [-0.39, 0.29) is 18.1 Å². The lowest BCUT2D eigenvalue weighted by Gasteiger charge is -2.16. The second kappa shape index (κ2) is 5.38. The minimum atomic E-state index is -1.05. The Morgan fingerprint density at radius 1 is 1.53 bits per heavy atom. The third kappa shape index (κ3) is 3.01. The van der Waals surface area contributed by atoms with E-state index in [1.807, 2.05) is 0 Å². The number of imidazole rings is 1. The maximum atomic E-state index is 12.0. The number of likely N-dealkylation sites (N-methyl/N-ethyl adjacent to an activating group) is 1. The molecule has 0 spiro atoms. The molecule has 19 heavy (non-hydrogen) atoms. The lowest BCUT2D eigenvalue weighted by atomic mass is 10.4. The van der Waals surface area contributed by atoms with Crippen LogP contribution in [0.15, 0.2) is 30.7 Å². The van der Waals surface area contributed by atoms with Crippen molar-refractivity contribution in [3.63, 3.8) is 0 Å². The third-order valence-corrected chi connectivity index (χ3v) is 2.72. The fourth-order valence-corrected chi connectivity index (χ4v) is 1.71. The van der Waals surface area contributed by atoms with Gasteiger partial charge < -0.3 is 19.6 Å². The Morgan fingerprint density at radius 2 is 2.32 bits per heavy atom. The molecule has 0 unspecified atom stereocenters. The molecule has 0 aromatic carbocycles. The Bertz CT molecular complexity index is 574. The molecule has 7 heteroatoms. The summed E-state index contributed by atoms with van der Waals surface area (Å²) < 4.78 is 1.41. The molecule has 7 nitrogen and oxygen atoms in total. The average molecular weight is 262 g/mol. The molecule has 0 radical (unpaired) electrons. The van der Waals surface area contributed by atoms with E-state index >= 15 is 0 Å².